The third-order valence-corrected chi connectivity index (χ3v) is 6.56. The van der Waals surface area contributed by atoms with Gasteiger partial charge in [0.05, 0.1) is 4.34 Å². The molecule has 2 rings (SSSR count). The van der Waals surface area contributed by atoms with E-state index in [1.54, 1.807) is 12.1 Å². The molecule has 0 spiro atoms. The van der Waals surface area contributed by atoms with Gasteiger partial charge in [-0.3, -0.25) is 0 Å². The molecule has 0 unspecified atom stereocenters. The van der Waals surface area contributed by atoms with Crippen molar-refractivity contribution in [2.75, 3.05) is 13.1 Å². The Kier molecular flexibility index (Phi) is 3.81. The number of hydrogen-bond donors (Lipinski definition) is 0. The Morgan fingerprint density at radius 1 is 1.31 bits per heavy atom. The SMILES string of the molecule is O=S(=O)(c1ccc(Cl)s1)N1CCC(Cl)CC1. The van der Waals surface area contributed by atoms with E-state index in [9.17, 15) is 8.42 Å². The van der Waals surface area contributed by atoms with Crippen molar-refractivity contribution in [3.8, 4) is 0 Å². The molecule has 0 bridgehead atoms. The fourth-order valence-corrected chi connectivity index (χ4v) is 4.93. The minimum absolute atomic E-state index is 0.0957. The Morgan fingerprint density at radius 2 is 1.94 bits per heavy atom. The molecule has 1 fully saturated rings. The van der Waals surface area contributed by atoms with Gasteiger partial charge in [0.2, 0.25) is 0 Å². The maximum absolute atomic E-state index is 12.1. The first kappa shape index (κ1) is 12.6. The smallest absolute Gasteiger partial charge is 0.206 e. The van der Waals surface area contributed by atoms with Crippen molar-refractivity contribution < 1.29 is 8.42 Å². The van der Waals surface area contributed by atoms with Gasteiger partial charge >= 0.3 is 0 Å². The zero-order valence-electron chi connectivity index (χ0n) is 8.40. The highest BCUT2D eigenvalue weighted by Gasteiger charge is 2.29. The highest BCUT2D eigenvalue weighted by molar-refractivity contribution is 7.91. The number of alkyl halides is 1. The van der Waals surface area contributed by atoms with E-state index in [0.29, 0.717) is 34.5 Å². The quantitative estimate of drug-likeness (QED) is 0.788. The van der Waals surface area contributed by atoms with Crippen LogP contribution in [0.15, 0.2) is 16.3 Å². The molecule has 1 aliphatic rings. The molecule has 0 atom stereocenters. The summed E-state index contributed by atoms with van der Waals surface area (Å²) in [5.41, 5.74) is 0. The minimum atomic E-state index is -3.36. The van der Waals surface area contributed by atoms with Crippen LogP contribution in [0.2, 0.25) is 4.34 Å². The Morgan fingerprint density at radius 3 is 2.44 bits per heavy atom. The molecule has 0 saturated carbocycles. The van der Waals surface area contributed by atoms with Crippen LogP contribution in [0.1, 0.15) is 12.8 Å². The third kappa shape index (κ3) is 2.54. The summed E-state index contributed by atoms with van der Waals surface area (Å²) in [4.78, 5) is 0. The minimum Gasteiger partial charge on any atom is -0.206 e. The van der Waals surface area contributed by atoms with Gasteiger partial charge in [0, 0.05) is 18.5 Å². The molecule has 2 heterocycles. The van der Waals surface area contributed by atoms with Crippen LogP contribution >= 0.6 is 34.5 Å². The first-order valence-electron chi connectivity index (χ1n) is 4.90. The van der Waals surface area contributed by atoms with E-state index in [2.05, 4.69) is 0 Å². The van der Waals surface area contributed by atoms with Crippen LogP contribution in [0.25, 0.3) is 0 Å². The summed E-state index contributed by atoms with van der Waals surface area (Å²) in [6.07, 6.45) is 1.42. The summed E-state index contributed by atoms with van der Waals surface area (Å²) >= 11 is 12.8. The topological polar surface area (TPSA) is 37.4 Å². The van der Waals surface area contributed by atoms with Crippen molar-refractivity contribution >= 4 is 44.6 Å². The Balaban J connectivity index is 2.20. The fraction of sp³-hybridized carbons (Fsp3) is 0.556. The number of rotatable bonds is 2. The molecular weight excluding hydrogens is 289 g/mol. The van der Waals surface area contributed by atoms with Crippen molar-refractivity contribution in [1.29, 1.82) is 0 Å². The normalized spacial score (nSPS) is 20.1. The van der Waals surface area contributed by atoms with Crippen LogP contribution in [0.5, 0.6) is 0 Å². The van der Waals surface area contributed by atoms with Crippen molar-refractivity contribution in [3.05, 3.63) is 16.5 Å². The third-order valence-electron chi connectivity index (χ3n) is 2.53. The molecule has 0 aromatic carbocycles. The van der Waals surface area contributed by atoms with Crippen molar-refractivity contribution in [2.45, 2.75) is 22.4 Å². The summed E-state index contributed by atoms with van der Waals surface area (Å²) in [5.74, 6) is 0. The molecule has 0 radical (unpaired) electrons. The van der Waals surface area contributed by atoms with Crippen molar-refractivity contribution in [1.82, 2.24) is 4.31 Å². The van der Waals surface area contributed by atoms with E-state index in [4.69, 9.17) is 23.2 Å². The lowest BCUT2D eigenvalue weighted by atomic mass is 10.2. The zero-order chi connectivity index (χ0) is 11.8. The molecule has 1 aromatic rings. The maximum atomic E-state index is 12.1. The molecule has 1 saturated heterocycles. The van der Waals surface area contributed by atoms with Crippen LogP contribution in [-0.2, 0) is 10.0 Å². The number of nitrogens with zero attached hydrogens (tertiary/aromatic N) is 1. The van der Waals surface area contributed by atoms with Crippen LogP contribution in [0.4, 0.5) is 0 Å². The van der Waals surface area contributed by atoms with Gasteiger partial charge in [-0.1, -0.05) is 11.6 Å². The number of sulfonamides is 1. The number of thiophene rings is 1. The summed E-state index contributed by atoms with van der Waals surface area (Å²) < 4.78 is 26.6. The van der Waals surface area contributed by atoms with E-state index in [1.165, 1.54) is 4.31 Å². The molecule has 3 nitrogen and oxygen atoms in total. The van der Waals surface area contributed by atoms with E-state index in [1.807, 2.05) is 0 Å². The summed E-state index contributed by atoms with van der Waals surface area (Å²) in [7, 11) is -3.36. The summed E-state index contributed by atoms with van der Waals surface area (Å²) in [6.45, 7) is 0.984. The average Bonchev–Trinajstić information content (AvgIpc) is 2.66. The van der Waals surface area contributed by atoms with Gasteiger partial charge in [-0.25, -0.2) is 8.42 Å². The molecule has 90 valence electrons. The maximum Gasteiger partial charge on any atom is 0.252 e. The van der Waals surface area contributed by atoms with Gasteiger partial charge < -0.3 is 0 Å². The number of hydrogen-bond acceptors (Lipinski definition) is 3. The van der Waals surface area contributed by atoms with E-state index < -0.39 is 10.0 Å². The average molecular weight is 300 g/mol. The van der Waals surface area contributed by atoms with Crippen LogP contribution in [0, 0.1) is 0 Å². The van der Waals surface area contributed by atoms with Crippen LogP contribution in [-0.4, -0.2) is 31.2 Å². The standard InChI is InChI=1S/C9H11Cl2NO2S2/c10-7-3-5-12(6-4-7)16(13,14)9-2-1-8(11)15-9/h1-2,7H,3-6H2. The molecule has 0 amide bonds. The predicted molar refractivity (Wildman–Crippen MR) is 67.0 cm³/mol. The summed E-state index contributed by atoms with van der Waals surface area (Å²) in [5, 5.41) is 0.0957. The molecule has 16 heavy (non-hydrogen) atoms. The lowest BCUT2D eigenvalue weighted by Gasteiger charge is -2.27. The highest BCUT2D eigenvalue weighted by atomic mass is 35.5. The molecule has 1 aromatic heterocycles. The van der Waals surface area contributed by atoms with Crippen LogP contribution in [0.3, 0.4) is 0 Å². The molecule has 1 aliphatic heterocycles. The molecule has 7 heteroatoms. The monoisotopic (exact) mass is 299 g/mol. The first-order valence-corrected chi connectivity index (χ1v) is 7.97. The molecular formula is C9H11Cl2NO2S2. The Hall–Kier alpha value is 0.190. The number of piperidine rings is 1. The Labute approximate surface area is 109 Å². The van der Waals surface area contributed by atoms with Crippen LogP contribution < -0.4 is 0 Å². The lowest BCUT2D eigenvalue weighted by Crippen LogP contribution is -2.38. The predicted octanol–water partition coefficient (Wildman–Crippen LogP) is 2.79. The fourth-order valence-electron chi connectivity index (χ4n) is 1.63. The van der Waals surface area contributed by atoms with Gasteiger partial charge in [0.15, 0.2) is 0 Å². The van der Waals surface area contributed by atoms with E-state index in [0.717, 1.165) is 11.3 Å². The second-order valence-corrected chi connectivity index (χ2v) is 8.13. The van der Waals surface area contributed by atoms with Gasteiger partial charge in [0.25, 0.3) is 10.0 Å². The van der Waals surface area contributed by atoms with Gasteiger partial charge in [-0.05, 0) is 25.0 Å². The van der Waals surface area contributed by atoms with Gasteiger partial charge in [0.1, 0.15) is 4.21 Å². The molecule has 0 N–H and O–H groups in total. The lowest BCUT2D eigenvalue weighted by molar-refractivity contribution is 0.351. The first-order chi connectivity index (χ1) is 7.50. The van der Waals surface area contributed by atoms with Crippen molar-refractivity contribution in [3.63, 3.8) is 0 Å². The second kappa shape index (κ2) is 4.82. The Bertz CT molecular complexity index is 464. The second-order valence-electron chi connectivity index (χ2n) is 3.64. The highest BCUT2D eigenvalue weighted by Crippen LogP contribution is 2.30. The van der Waals surface area contributed by atoms with Gasteiger partial charge in [-0.2, -0.15) is 4.31 Å². The largest absolute Gasteiger partial charge is 0.252 e. The zero-order valence-corrected chi connectivity index (χ0v) is 11.5. The summed E-state index contributed by atoms with van der Waals surface area (Å²) in [6, 6.07) is 3.16. The van der Waals surface area contributed by atoms with E-state index in [-0.39, 0.29) is 5.38 Å². The molecule has 0 aliphatic carbocycles. The number of halogens is 2. The van der Waals surface area contributed by atoms with E-state index >= 15 is 0 Å². The van der Waals surface area contributed by atoms with Gasteiger partial charge in [-0.15, -0.1) is 22.9 Å². The van der Waals surface area contributed by atoms with Crippen molar-refractivity contribution in [2.24, 2.45) is 0 Å².